The minimum absolute atomic E-state index is 0.466. The molecule has 0 atom stereocenters. The highest BCUT2D eigenvalue weighted by Crippen LogP contribution is 2.66. The minimum atomic E-state index is -0.466. The summed E-state index contributed by atoms with van der Waals surface area (Å²) in [5.74, 6) is 2.83. The second-order valence-corrected chi connectivity index (χ2v) is 15.2. The van der Waals surface area contributed by atoms with Crippen LogP contribution in [0.1, 0.15) is 22.3 Å². The van der Waals surface area contributed by atoms with E-state index in [9.17, 15) is 0 Å². The molecule has 0 bridgehead atoms. The van der Waals surface area contributed by atoms with Gasteiger partial charge in [0.25, 0.3) is 0 Å². The molecular formula is C55H35NO2. The van der Waals surface area contributed by atoms with Gasteiger partial charge >= 0.3 is 0 Å². The minimum Gasteiger partial charge on any atom is -0.449 e. The highest BCUT2D eigenvalue weighted by molar-refractivity contribution is 5.98. The summed E-state index contributed by atoms with van der Waals surface area (Å²) in [4.78, 5) is 2.30. The summed E-state index contributed by atoms with van der Waals surface area (Å²) < 4.78 is 13.9. The van der Waals surface area contributed by atoms with Crippen molar-refractivity contribution in [2.75, 3.05) is 4.90 Å². The van der Waals surface area contributed by atoms with Crippen LogP contribution >= 0.6 is 0 Å². The van der Waals surface area contributed by atoms with Gasteiger partial charge in [-0.1, -0.05) is 164 Å². The lowest BCUT2D eigenvalue weighted by atomic mass is 9.70. The molecule has 3 heteroatoms. The Labute approximate surface area is 337 Å². The number of ether oxygens (including phenoxy) is 2. The Bertz CT molecular complexity index is 3020. The summed E-state index contributed by atoms with van der Waals surface area (Å²) in [5.41, 5.74) is 17.1. The fourth-order valence-electron chi connectivity index (χ4n) is 9.68. The van der Waals surface area contributed by atoms with E-state index in [1.54, 1.807) is 0 Å². The summed E-state index contributed by atoms with van der Waals surface area (Å²) in [7, 11) is 0. The van der Waals surface area contributed by atoms with Gasteiger partial charge in [-0.2, -0.15) is 0 Å². The van der Waals surface area contributed by atoms with Crippen LogP contribution in [0.3, 0.4) is 0 Å². The molecule has 2 aliphatic carbocycles. The van der Waals surface area contributed by atoms with Crippen LogP contribution in [0.5, 0.6) is 23.0 Å². The Morgan fingerprint density at radius 2 is 0.828 bits per heavy atom. The summed E-state index contributed by atoms with van der Waals surface area (Å²) in [6, 6.07) is 75.8. The number of hydrogen-bond donors (Lipinski definition) is 0. The number of nitrogens with zero attached hydrogens (tertiary/aromatic N) is 1. The molecule has 12 rings (SSSR count). The van der Waals surface area contributed by atoms with E-state index in [0.717, 1.165) is 33.9 Å². The zero-order chi connectivity index (χ0) is 38.2. The lowest BCUT2D eigenvalue weighted by Crippen LogP contribution is -2.25. The molecule has 0 unspecified atom stereocenters. The first kappa shape index (κ1) is 32.6. The van der Waals surface area contributed by atoms with Crippen LogP contribution in [0.4, 0.5) is 17.1 Å². The number of rotatable bonds is 5. The first-order valence-electron chi connectivity index (χ1n) is 19.8. The van der Waals surface area contributed by atoms with Gasteiger partial charge in [0, 0.05) is 23.0 Å². The van der Waals surface area contributed by atoms with Gasteiger partial charge in [-0.3, -0.25) is 0 Å². The fourth-order valence-corrected chi connectivity index (χ4v) is 9.68. The largest absolute Gasteiger partial charge is 0.449 e. The average Bonchev–Trinajstić information content (AvgIpc) is 3.77. The third kappa shape index (κ3) is 4.74. The molecule has 272 valence electrons. The van der Waals surface area contributed by atoms with Gasteiger partial charge < -0.3 is 14.4 Å². The number of hydrogen-bond acceptors (Lipinski definition) is 3. The molecule has 0 saturated carbocycles. The first-order valence-corrected chi connectivity index (χ1v) is 19.8. The maximum absolute atomic E-state index is 7.14. The van der Waals surface area contributed by atoms with Crippen LogP contribution in [0, 0.1) is 0 Å². The van der Waals surface area contributed by atoms with Crippen LogP contribution in [0.15, 0.2) is 212 Å². The van der Waals surface area contributed by atoms with Crippen molar-refractivity contribution in [1.82, 2.24) is 0 Å². The third-order valence-electron chi connectivity index (χ3n) is 12.1. The van der Waals surface area contributed by atoms with Gasteiger partial charge in [-0.05, 0) is 104 Å². The lowest BCUT2D eigenvalue weighted by Gasteiger charge is -2.31. The molecule has 0 aromatic heterocycles. The Morgan fingerprint density at radius 3 is 1.52 bits per heavy atom. The standard InChI is InChI=1S/C55H35NO2/c1-3-14-36(15-4-1)38-26-28-40(29-27-38)56(41-19-13-18-39(34-41)37-16-5-2-6-17-37)42-30-32-50-52(35-42)58-54-51(57-50)33-31-49-53(54)45-22-9-12-25-48(45)55(49)46-23-10-7-20-43(46)44-21-8-11-24-47(44)55/h1-35H. The van der Waals surface area contributed by atoms with Crippen LogP contribution in [0.25, 0.3) is 44.5 Å². The van der Waals surface area contributed by atoms with E-state index in [0.29, 0.717) is 17.2 Å². The van der Waals surface area contributed by atoms with E-state index in [1.807, 2.05) is 6.07 Å². The van der Waals surface area contributed by atoms with Crippen molar-refractivity contribution in [2.24, 2.45) is 0 Å². The zero-order valence-corrected chi connectivity index (χ0v) is 31.5. The number of fused-ring (bicyclic) bond motifs is 13. The topological polar surface area (TPSA) is 21.7 Å². The monoisotopic (exact) mass is 741 g/mol. The average molecular weight is 742 g/mol. The first-order chi connectivity index (χ1) is 28.8. The second-order valence-electron chi connectivity index (χ2n) is 15.2. The van der Waals surface area contributed by atoms with Crippen LogP contribution < -0.4 is 14.4 Å². The van der Waals surface area contributed by atoms with Crippen molar-refractivity contribution in [3.05, 3.63) is 235 Å². The van der Waals surface area contributed by atoms with Gasteiger partial charge in [-0.15, -0.1) is 0 Å². The molecule has 0 amide bonds. The SMILES string of the molecule is c1ccc(-c2ccc(N(c3cccc(-c4ccccc4)c3)c3ccc4c(c3)Oc3c(ccc5c3-c3ccccc3C53c5ccccc5-c5ccccc53)O4)cc2)cc1. The highest BCUT2D eigenvalue weighted by Gasteiger charge is 2.53. The van der Waals surface area contributed by atoms with Crippen molar-refractivity contribution in [1.29, 1.82) is 0 Å². The molecule has 1 heterocycles. The smallest absolute Gasteiger partial charge is 0.178 e. The molecule has 0 saturated heterocycles. The Hall–Kier alpha value is -7.62. The van der Waals surface area contributed by atoms with Crippen LogP contribution in [0.2, 0.25) is 0 Å². The van der Waals surface area contributed by atoms with Gasteiger partial charge in [0.05, 0.1) is 11.1 Å². The van der Waals surface area contributed by atoms with E-state index < -0.39 is 5.41 Å². The zero-order valence-electron chi connectivity index (χ0n) is 31.5. The Kier molecular flexibility index (Phi) is 7.14. The van der Waals surface area contributed by atoms with Gasteiger partial charge in [0.2, 0.25) is 0 Å². The molecular weight excluding hydrogens is 707 g/mol. The molecule has 3 nitrogen and oxygen atoms in total. The Morgan fingerprint density at radius 1 is 0.310 bits per heavy atom. The van der Waals surface area contributed by atoms with Crippen molar-refractivity contribution in [3.8, 4) is 67.5 Å². The summed E-state index contributed by atoms with van der Waals surface area (Å²) in [5, 5.41) is 0. The molecule has 1 aliphatic heterocycles. The van der Waals surface area contributed by atoms with Crippen LogP contribution in [-0.2, 0) is 5.41 Å². The van der Waals surface area contributed by atoms with E-state index in [4.69, 9.17) is 9.47 Å². The molecule has 58 heavy (non-hydrogen) atoms. The van der Waals surface area contributed by atoms with Crippen molar-refractivity contribution in [3.63, 3.8) is 0 Å². The van der Waals surface area contributed by atoms with Gasteiger partial charge in [0.15, 0.2) is 23.0 Å². The van der Waals surface area contributed by atoms with E-state index >= 15 is 0 Å². The number of anilines is 3. The van der Waals surface area contributed by atoms with E-state index in [1.165, 1.54) is 55.6 Å². The van der Waals surface area contributed by atoms with Crippen LogP contribution in [-0.4, -0.2) is 0 Å². The summed E-state index contributed by atoms with van der Waals surface area (Å²) >= 11 is 0. The molecule has 0 radical (unpaired) electrons. The number of benzene rings is 9. The summed E-state index contributed by atoms with van der Waals surface area (Å²) in [6.45, 7) is 0. The predicted molar refractivity (Wildman–Crippen MR) is 235 cm³/mol. The fraction of sp³-hybridized carbons (Fsp3) is 0.0182. The summed E-state index contributed by atoms with van der Waals surface area (Å²) in [6.07, 6.45) is 0. The quantitative estimate of drug-likeness (QED) is 0.175. The molecule has 0 fully saturated rings. The molecule has 3 aliphatic rings. The van der Waals surface area contributed by atoms with Gasteiger partial charge in [0.1, 0.15) is 0 Å². The second kappa shape index (κ2) is 12.7. The van der Waals surface area contributed by atoms with Crippen molar-refractivity contribution in [2.45, 2.75) is 5.41 Å². The lowest BCUT2D eigenvalue weighted by molar-refractivity contribution is 0.360. The Balaban J connectivity index is 1.00. The third-order valence-corrected chi connectivity index (χ3v) is 12.1. The maximum atomic E-state index is 7.14. The predicted octanol–water partition coefficient (Wildman–Crippen LogP) is 14.7. The van der Waals surface area contributed by atoms with E-state index in [-0.39, 0.29) is 0 Å². The molecule has 0 N–H and O–H groups in total. The molecule has 9 aromatic carbocycles. The maximum Gasteiger partial charge on any atom is 0.178 e. The molecule has 9 aromatic rings. The van der Waals surface area contributed by atoms with E-state index in [2.05, 4.69) is 211 Å². The molecule has 1 spiro atoms. The van der Waals surface area contributed by atoms with Crippen molar-refractivity contribution < 1.29 is 9.47 Å². The van der Waals surface area contributed by atoms with Gasteiger partial charge in [-0.25, -0.2) is 0 Å². The highest BCUT2D eigenvalue weighted by atomic mass is 16.6. The normalized spacial score (nSPS) is 13.2. The van der Waals surface area contributed by atoms with Crippen molar-refractivity contribution >= 4 is 17.1 Å².